The predicted molar refractivity (Wildman–Crippen MR) is 190 cm³/mol. The van der Waals surface area contributed by atoms with Crippen molar-refractivity contribution in [3.8, 4) is 23.3 Å². The summed E-state index contributed by atoms with van der Waals surface area (Å²) in [7, 11) is 1.58. The molecule has 0 bridgehead atoms. The maximum atomic E-state index is 13.4. The smallest absolute Gasteiger partial charge is 0.415 e. The number of thiazole rings is 1. The molecular formula is C36H40N6O8S. The molecule has 3 aromatic rings. The van der Waals surface area contributed by atoms with Crippen LogP contribution in [0.1, 0.15) is 49.2 Å². The highest BCUT2D eigenvalue weighted by Crippen LogP contribution is 2.32. The maximum Gasteiger partial charge on any atom is 0.415 e. The summed E-state index contributed by atoms with van der Waals surface area (Å²) < 4.78 is 6.31. The van der Waals surface area contributed by atoms with Crippen LogP contribution in [0.3, 0.4) is 0 Å². The number of hydrogen-bond donors (Lipinski definition) is 3. The van der Waals surface area contributed by atoms with Gasteiger partial charge in [0.2, 0.25) is 11.8 Å². The molecule has 2 heterocycles. The SMILES string of the molecule is C=c1c(C)c(O)c(=C)c(C(C)(C)CC(=O)N(C)CCN(CCCC(=O)NCCN2C(=O)C=CC2=O)C(=O)Oc2ccc3nc(C#N)sc3c2)c1O. The second-order valence-corrected chi connectivity index (χ2v) is 13.8. The first-order valence-corrected chi connectivity index (χ1v) is 16.9. The first-order chi connectivity index (χ1) is 24.0. The fraction of sp³-hybridized carbons (Fsp3) is 0.361. The molecule has 1 aliphatic rings. The lowest BCUT2D eigenvalue weighted by Crippen LogP contribution is -2.43. The number of phenolic OH excluding ortho intramolecular Hbond substituents is 2. The van der Waals surface area contributed by atoms with E-state index < -0.39 is 23.3 Å². The van der Waals surface area contributed by atoms with E-state index in [4.69, 9.17) is 4.74 Å². The van der Waals surface area contributed by atoms with E-state index in [1.165, 1.54) is 22.0 Å². The maximum absolute atomic E-state index is 13.4. The highest BCUT2D eigenvalue weighted by atomic mass is 32.1. The Kier molecular flexibility index (Phi) is 11.8. The predicted octanol–water partition coefficient (Wildman–Crippen LogP) is 2.16. The Hall–Kier alpha value is -5.75. The van der Waals surface area contributed by atoms with E-state index in [0.29, 0.717) is 21.3 Å². The second-order valence-electron chi connectivity index (χ2n) is 12.8. The van der Waals surface area contributed by atoms with Crippen LogP contribution in [-0.2, 0) is 24.6 Å². The van der Waals surface area contributed by atoms with Crippen LogP contribution in [-0.4, -0.2) is 99.4 Å². The quantitative estimate of drug-likeness (QED) is 0.164. The molecule has 51 heavy (non-hydrogen) atoms. The summed E-state index contributed by atoms with van der Waals surface area (Å²) in [5.41, 5.74) is 0.360. The van der Waals surface area contributed by atoms with Crippen LogP contribution in [0.4, 0.5) is 4.79 Å². The van der Waals surface area contributed by atoms with Gasteiger partial charge in [0.05, 0.1) is 10.2 Å². The fourth-order valence-corrected chi connectivity index (χ4v) is 6.43. The average molecular weight is 717 g/mol. The molecule has 15 heteroatoms. The number of hydrogen-bond acceptors (Lipinski definition) is 11. The van der Waals surface area contributed by atoms with Crippen molar-refractivity contribution in [2.24, 2.45) is 0 Å². The minimum Gasteiger partial charge on any atom is -0.507 e. The molecule has 0 unspecified atom stereocenters. The van der Waals surface area contributed by atoms with Gasteiger partial charge in [0, 0.05) is 97.8 Å². The number of aromatic hydroxyl groups is 2. The fourth-order valence-electron chi connectivity index (χ4n) is 5.64. The first kappa shape index (κ1) is 38.1. The number of nitriles is 1. The zero-order valence-electron chi connectivity index (χ0n) is 28.9. The van der Waals surface area contributed by atoms with E-state index in [1.54, 1.807) is 46.0 Å². The van der Waals surface area contributed by atoms with Gasteiger partial charge in [-0.2, -0.15) is 5.26 Å². The number of nitrogens with zero attached hydrogens (tertiary/aromatic N) is 5. The summed E-state index contributed by atoms with van der Waals surface area (Å²) in [6.07, 6.45) is 1.83. The van der Waals surface area contributed by atoms with Gasteiger partial charge >= 0.3 is 6.09 Å². The molecule has 0 spiro atoms. The Balaban J connectivity index is 1.40. The molecule has 14 nitrogen and oxygen atoms in total. The third kappa shape index (κ3) is 8.89. The number of phenols is 2. The topological polar surface area (TPSA) is 193 Å². The third-order valence-electron chi connectivity index (χ3n) is 8.63. The number of likely N-dealkylation sites (N-methyl/N-ethyl adjacent to an activating group) is 1. The van der Waals surface area contributed by atoms with Crippen LogP contribution in [0, 0.1) is 18.3 Å². The Morgan fingerprint density at radius 3 is 2.43 bits per heavy atom. The van der Waals surface area contributed by atoms with Gasteiger partial charge in [-0.3, -0.25) is 24.1 Å². The number of carbonyl (C=O) groups is 5. The van der Waals surface area contributed by atoms with Gasteiger partial charge in [-0.1, -0.05) is 27.0 Å². The molecule has 1 aromatic heterocycles. The number of rotatable bonds is 14. The Labute approximate surface area is 298 Å². The zero-order chi connectivity index (χ0) is 37.6. The van der Waals surface area contributed by atoms with Crippen molar-refractivity contribution >= 4 is 64.4 Å². The van der Waals surface area contributed by atoms with Gasteiger partial charge in [-0.05, 0) is 25.5 Å². The Morgan fingerprint density at radius 1 is 1.08 bits per heavy atom. The monoisotopic (exact) mass is 716 g/mol. The molecule has 5 amide bonds. The van der Waals surface area contributed by atoms with E-state index in [-0.39, 0.29) is 96.5 Å². The Morgan fingerprint density at radius 2 is 1.76 bits per heavy atom. The summed E-state index contributed by atoms with van der Waals surface area (Å²) in [6.45, 7) is 13.2. The van der Waals surface area contributed by atoms with E-state index >= 15 is 0 Å². The largest absolute Gasteiger partial charge is 0.507 e. The van der Waals surface area contributed by atoms with Crippen LogP contribution in [0.25, 0.3) is 23.4 Å². The Bertz CT molecular complexity index is 2050. The molecule has 4 rings (SSSR count). The van der Waals surface area contributed by atoms with Crippen LogP contribution >= 0.6 is 11.3 Å². The highest BCUT2D eigenvalue weighted by molar-refractivity contribution is 7.19. The molecule has 2 aromatic carbocycles. The number of aromatic nitrogens is 1. The molecule has 0 aliphatic carbocycles. The minimum absolute atomic E-state index is 0.0310. The summed E-state index contributed by atoms with van der Waals surface area (Å²) in [5, 5.41) is 34.0. The van der Waals surface area contributed by atoms with Crippen molar-refractivity contribution < 1.29 is 38.9 Å². The molecule has 268 valence electrons. The zero-order valence-corrected chi connectivity index (χ0v) is 29.8. The van der Waals surface area contributed by atoms with E-state index in [1.807, 2.05) is 6.07 Å². The number of benzene rings is 2. The minimum atomic E-state index is -0.942. The lowest BCUT2D eigenvalue weighted by atomic mass is 9.78. The van der Waals surface area contributed by atoms with Gasteiger partial charge in [0.25, 0.3) is 11.8 Å². The lowest BCUT2D eigenvalue weighted by molar-refractivity contribution is -0.137. The van der Waals surface area contributed by atoms with Crippen molar-refractivity contribution in [2.45, 2.75) is 45.4 Å². The highest BCUT2D eigenvalue weighted by Gasteiger charge is 2.31. The van der Waals surface area contributed by atoms with E-state index in [0.717, 1.165) is 16.2 Å². The lowest BCUT2D eigenvalue weighted by Gasteiger charge is -2.30. The van der Waals surface area contributed by atoms with Gasteiger partial charge in [0.1, 0.15) is 23.3 Å². The number of ether oxygens (including phenoxy) is 1. The summed E-state index contributed by atoms with van der Waals surface area (Å²) in [5.74, 6) is -1.53. The molecule has 3 N–H and O–H groups in total. The molecular weight excluding hydrogens is 676 g/mol. The van der Waals surface area contributed by atoms with Crippen LogP contribution in [0.5, 0.6) is 17.2 Å². The first-order valence-electron chi connectivity index (χ1n) is 16.1. The number of carbonyl (C=O) groups excluding carboxylic acids is 5. The number of nitrogens with one attached hydrogen (secondary N) is 1. The van der Waals surface area contributed by atoms with Gasteiger partial charge in [-0.25, -0.2) is 9.78 Å². The van der Waals surface area contributed by atoms with Crippen molar-refractivity contribution in [3.05, 3.63) is 56.9 Å². The van der Waals surface area contributed by atoms with Gasteiger partial charge < -0.3 is 30.1 Å². The number of fused-ring (bicyclic) bond motifs is 1. The third-order valence-corrected chi connectivity index (χ3v) is 9.55. The standard InChI is InChI=1S/C36H40N6O8S/c1-21-22(2)34(48)32(23(3)33(21)47)36(4,5)19-31(46)40(6)16-17-41(14-7-8-27(43)38-13-15-42-29(44)11-12-30(42)45)35(49)50-24-9-10-25-26(18-24)51-28(20-37)39-25/h9-12,18,47-48H,2-3,7-8,13-17,19H2,1,4-6H3,(H,38,43). The van der Waals surface area contributed by atoms with E-state index in [9.17, 15) is 39.4 Å². The van der Waals surface area contributed by atoms with Crippen molar-refractivity contribution in [1.29, 1.82) is 5.26 Å². The average Bonchev–Trinajstić information content (AvgIpc) is 3.65. The van der Waals surface area contributed by atoms with Gasteiger partial charge in [-0.15, -0.1) is 11.3 Å². The van der Waals surface area contributed by atoms with Crippen LogP contribution < -0.4 is 20.5 Å². The number of imide groups is 1. The molecule has 1 aliphatic heterocycles. The second kappa shape index (κ2) is 15.9. The molecule has 0 atom stereocenters. The van der Waals surface area contributed by atoms with Crippen molar-refractivity contribution in [2.75, 3.05) is 39.8 Å². The summed E-state index contributed by atoms with van der Waals surface area (Å²) in [4.78, 5) is 70.8. The van der Waals surface area contributed by atoms with Crippen molar-refractivity contribution in [3.63, 3.8) is 0 Å². The number of amides is 5. The normalized spacial score (nSPS) is 12.6. The van der Waals surface area contributed by atoms with Crippen LogP contribution in [0.2, 0.25) is 0 Å². The molecule has 0 saturated carbocycles. The summed E-state index contributed by atoms with van der Waals surface area (Å²) in [6, 6.07) is 6.79. The van der Waals surface area contributed by atoms with E-state index in [2.05, 4.69) is 23.5 Å². The van der Waals surface area contributed by atoms with Gasteiger partial charge in [0.15, 0.2) is 5.01 Å². The molecule has 0 radical (unpaired) electrons. The van der Waals surface area contributed by atoms with Crippen molar-refractivity contribution in [1.82, 2.24) is 25.0 Å². The molecule has 0 fully saturated rings. The van der Waals surface area contributed by atoms with Crippen LogP contribution in [0.15, 0.2) is 30.4 Å². The molecule has 0 saturated heterocycles. The summed E-state index contributed by atoms with van der Waals surface area (Å²) >= 11 is 1.16.